The third-order valence-corrected chi connectivity index (χ3v) is 7.28. The Morgan fingerprint density at radius 1 is 1.19 bits per heavy atom. The Labute approximate surface area is 158 Å². The summed E-state index contributed by atoms with van der Waals surface area (Å²) in [6.45, 7) is 4.09. The number of nitrogens with zero attached hydrogens (tertiary/aromatic N) is 1. The monoisotopic (exact) mass is 393 g/mol. The highest BCUT2D eigenvalue weighted by Crippen LogP contribution is 2.24. The Kier molecular flexibility index (Phi) is 5.95. The van der Waals surface area contributed by atoms with Crippen molar-refractivity contribution in [3.8, 4) is 0 Å². The Balaban J connectivity index is 1.51. The van der Waals surface area contributed by atoms with Gasteiger partial charge in [0, 0.05) is 24.5 Å². The third-order valence-electron chi connectivity index (χ3n) is 4.48. The summed E-state index contributed by atoms with van der Waals surface area (Å²) in [5.41, 5.74) is 1.80. The van der Waals surface area contributed by atoms with Crippen molar-refractivity contribution < 1.29 is 13.2 Å². The normalized spacial score (nSPS) is 15.8. The van der Waals surface area contributed by atoms with Gasteiger partial charge in [0.25, 0.3) is 10.0 Å². The highest BCUT2D eigenvalue weighted by Gasteiger charge is 2.17. The van der Waals surface area contributed by atoms with Gasteiger partial charge in [-0.2, -0.15) is 0 Å². The summed E-state index contributed by atoms with van der Waals surface area (Å²) in [7, 11) is -3.63. The summed E-state index contributed by atoms with van der Waals surface area (Å²) < 4.78 is 26.5. The van der Waals surface area contributed by atoms with E-state index >= 15 is 0 Å². The molecule has 1 aromatic heterocycles. The van der Waals surface area contributed by atoms with Crippen LogP contribution < -0.4 is 14.9 Å². The number of anilines is 2. The van der Waals surface area contributed by atoms with Gasteiger partial charge in [-0.15, -0.1) is 11.3 Å². The first-order chi connectivity index (χ1) is 12.4. The van der Waals surface area contributed by atoms with Crippen LogP contribution in [0.25, 0.3) is 0 Å². The second-order valence-electron chi connectivity index (χ2n) is 6.52. The van der Waals surface area contributed by atoms with E-state index in [2.05, 4.69) is 21.9 Å². The molecule has 1 amide bonds. The van der Waals surface area contributed by atoms with Crippen molar-refractivity contribution in [3.63, 3.8) is 0 Å². The molecule has 1 aliphatic heterocycles. The van der Waals surface area contributed by atoms with E-state index in [1.807, 2.05) is 24.3 Å². The molecule has 1 aliphatic rings. The van der Waals surface area contributed by atoms with Crippen LogP contribution in [0.5, 0.6) is 0 Å². The Morgan fingerprint density at radius 2 is 1.88 bits per heavy atom. The minimum atomic E-state index is -3.63. The molecule has 0 bridgehead atoms. The molecule has 0 atom stereocenters. The van der Waals surface area contributed by atoms with Crippen LogP contribution in [0.1, 0.15) is 19.8 Å². The average Bonchev–Trinajstić information content (AvgIpc) is 3.17. The minimum absolute atomic E-state index is 0.200. The number of hydrogen-bond donors (Lipinski definition) is 2. The Hall–Kier alpha value is -1.90. The van der Waals surface area contributed by atoms with Crippen LogP contribution in [-0.4, -0.2) is 34.0 Å². The third kappa shape index (κ3) is 4.84. The fourth-order valence-electron chi connectivity index (χ4n) is 2.88. The first kappa shape index (κ1) is 18.9. The maximum Gasteiger partial charge on any atom is 0.250 e. The van der Waals surface area contributed by atoms with Crippen molar-refractivity contribution in [1.29, 1.82) is 0 Å². The van der Waals surface area contributed by atoms with Gasteiger partial charge in [0.05, 0.1) is 6.54 Å². The van der Waals surface area contributed by atoms with Gasteiger partial charge in [0.2, 0.25) is 5.91 Å². The lowest BCUT2D eigenvalue weighted by Crippen LogP contribution is -2.33. The summed E-state index contributed by atoms with van der Waals surface area (Å²) in [6.07, 6.45) is 2.39. The van der Waals surface area contributed by atoms with Crippen molar-refractivity contribution in [1.82, 2.24) is 4.72 Å². The molecule has 2 heterocycles. The highest BCUT2D eigenvalue weighted by atomic mass is 32.2. The Bertz CT molecular complexity index is 825. The lowest BCUT2D eigenvalue weighted by atomic mass is 9.99. The van der Waals surface area contributed by atoms with Crippen molar-refractivity contribution >= 4 is 38.6 Å². The highest BCUT2D eigenvalue weighted by molar-refractivity contribution is 7.91. The largest absolute Gasteiger partial charge is 0.372 e. The van der Waals surface area contributed by atoms with E-state index in [1.165, 1.54) is 18.9 Å². The van der Waals surface area contributed by atoms with E-state index in [9.17, 15) is 13.2 Å². The van der Waals surface area contributed by atoms with Crippen molar-refractivity contribution in [2.45, 2.75) is 24.0 Å². The lowest BCUT2D eigenvalue weighted by molar-refractivity contribution is -0.115. The van der Waals surface area contributed by atoms with Crippen LogP contribution in [0, 0.1) is 5.92 Å². The maximum atomic E-state index is 12.0. The van der Waals surface area contributed by atoms with E-state index in [0.29, 0.717) is 5.69 Å². The van der Waals surface area contributed by atoms with Crippen LogP contribution in [-0.2, 0) is 14.8 Å². The van der Waals surface area contributed by atoms with Crippen molar-refractivity contribution in [2.24, 2.45) is 5.92 Å². The number of amides is 1. The number of nitrogens with one attached hydrogen (secondary N) is 2. The summed E-state index contributed by atoms with van der Waals surface area (Å²) in [6, 6.07) is 10.8. The molecule has 0 aliphatic carbocycles. The number of carbonyl (C=O) groups excluding carboxylic acids is 1. The molecule has 140 valence electrons. The van der Waals surface area contributed by atoms with Gasteiger partial charge in [0.1, 0.15) is 4.21 Å². The van der Waals surface area contributed by atoms with Gasteiger partial charge in [-0.05, 0) is 54.5 Å². The van der Waals surface area contributed by atoms with Gasteiger partial charge < -0.3 is 10.2 Å². The molecule has 1 saturated heterocycles. The number of thiophene rings is 1. The van der Waals surface area contributed by atoms with E-state index in [4.69, 9.17) is 0 Å². The van der Waals surface area contributed by atoms with Crippen molar-refractivity contribution in [3.05, 3.63) is 41.8 Å². The zero-order chi connectivity index (χ0) is 18.6. The minimum Gasteiger partial charge on any atom is -0.372 e. The summed E-state index contributed by atoms with van der Waals surface area (Å²) in [5, 5.41) is 4.40. The quantitative estimate of drug-likeness (QED) is 0.791. The number of carbonyl (C=O) groups is 1. The topological polar surface area (TPSA) is 78.5 Å². The van der Waals surface area contributed by atoms with E-state index in [1.54, 1.807) is 11.4 Å². The predicted molar refractivity (Wildman–Crippen MR) is 105 cm³/mol. The van der Waals surface area contributed by atoms with Gasteiger partial charge in [-0.25, -0.2) is 13.1 Å². The summed E-state index contributed by atoms with van der Waals surface area (Å²) >= 11 is 1.11. The number of rotatable bonds is 6. The zero-order valence-corrected chi connectivity index (χ0v) is 16.3. The van der Waals surface area contributed by atoms with Gasteiger partial charge in [0.15, 0.2) is 0 Å². The smallest absolute Gasteiger partial charge is 0.250 e. The van der Waals surface area contributed by atoms with Crippen LogP contribution in [0.4, 0.5) is 11.4 Å². The zero-order valence-electron chi connectivity index (χ0n) is 14.6. The molecule has 0 saturated carbocycles. The van der Waals surface area contributed by atoms with E-state index in [0.717, 1.165) is 36.0 Å². The number of benzene rings is 1. The molecule has 2 aromatic rings. The fraction of sp³-hybridized carbons (Fsp3) is 0.389. The lowest BCUT2D eigenvalue weighted by Gasteiger charge is -2.32. The average molecular weight is 394 g/mol. The molecule has 8 heteroatoms. The van der Waals surface area contributed by atoms with Crippen LogP contribution in [0.15, 0.2) is 46.0 Å². The van der Waals surface area contributed by atoms with E-state index in [-0.39, 0.29) is 10.8 Å². The summed E-state index contributed by atoms with van der Waals surface area (Å²) in [5.74, 6) is 0.382. The Morgan fingerprint density at radius 3 is 2.50 bits per heavy atom. The van der Waals surface area contributed by atoms with Crippen LogP contribution in [0.3, 0.4) is 0 Å². The maximum absolute atomic E-state index is 12.0. The SMILES string of the molecule is CC1CCN(c2ccc(NC(=O)CNS(=O)(=O)c3cccs3)cc2)CC1. The standard InChI is InChI=1S/C18H23N3O3S2/c1-14-8-10-21(11-9-14)16-6-4-15(5-7-16)20-17(22)13-19-26(23,24)18-3-2-12-25-18/h2-7,12,14,19H,8-11,13H2,1H3,(H,20,22). The number of hydrogen-bond acceptors (Lipinski definition) is 5. The van der Waals surface area contributed by atoms with Gasteiger partial charge >= 0.3 is 0 Å². The molecule has 1 aromatic carbocycles. The first-order valence-corrected chi connectivity index (χ1v) is 11.0. The number of piperidine rings is 1. The molecule has 1 fully saturated rings. The fourth-order valence-corrected chi connectivity index (χ4v) is 4.90. The molecule has 3 rings (SSSR count). The van der Waals surface area contributed by atoms with E-state index < -0.39 is 15.9 Å². The molecular weight excluding hydrogens is 370 g/mol. The first-order valence-electron chi connectivity index (χ1n) is 8.62. The van der Waals surface area contributed by atoms with Crippen LogP contribution in [0.2, 0.25) is 0 Å². The number of sulfonamides is 1. The molecule has 6 nitrogen and oxygen atoms in total. The van der Waals surface area contributed by atoms with Crippen LogP contribution >= 0.6 is 11.3 Å². The second-order valence-corrected chi connectivity index (χ2v) is 9.46. The summed E-state index contributed by atoms with van der Waals surface area (Å²) in [4.78, 5) is 14.4. The molecular formula is C18H23N3O3S2. The second kappa shape index (κ2) is 8.20. The molecule has 2 N–H and O–H groups in total. The van der Waals surface area contributed by atoms with Gasteiger partial charge in [-0.3, -0.25) is 4.79 Å². The molecule has 0 spiro atoms. The predicted octanol–water partition coefficient (Wildman–Crippen LogP) is 2.90. The van der Waals surface area contributed by atoms with Crippen molar-refractivity contribution in [2.75, 3.05) is 29.9 Å². The molecule has 26 heavy (non-hydrogen) atoms. The van der Waals surface area contributed by atoms with Gasteiger partial charge in [-0.1, -0.05) is 13.0 Å². The molecule has 0 unspecified atom stereocenters. The molecule has 0 radical (unpaired) electrons.